The van der Waals surface area contributed by atoms with Gasteiger partial charge in [-0.2, -0.15) is 0 Å². The average Bonchev–Trinajstić information content (AvgIpc) is 3.17. The SMILES string of the molecule is [B]C(Oc1cccc2c1CN(C1CCC(=O)NC1=O)C2=O)c1ccc(CN2CCOCC2)cc1. The van der Waals surface area contributed by atoms with Crippen molar-refractivity contribution in [1.82, 2.24) is 15.1 Å². The highest BCUT2D eigenvalue weighted by Crippen LogP contribution is 2.35. The van der Waals surface area contributed by atoms with E-state index in [-0.39, 0.29) is 24.8 Å². The molecule has 0 aliphatic carbocycles. The molecule has 3 aliphatic heterocycles. The van der Waals surface area contributed by atoms with Gasteiger partial charge >= 0.3 is 0 Å². The maximum absolute atomic E-state index is 13.0. The van der Waals surface area contributed by atoms with E-state index < -0.39 is 18.0 Å². The Morgan fingerprint density at radius 3 is 2.59 bits per heavy atom. The van der Waals surface area contributed by atoms with Gasteiger partial charge in [0.15, 0.2) is 0 Å². The van der Waals surface area contributed by atoms with Crippen molar-refractivity contribution in [3.63, 3.8) is 0 Å². The molecule has 174 valence electrons. The molecule has 3 heterocycles. The van der Waals surface area contributed by atoms with E-state index in [9.17, 15) is 14.4 Å². The van der Waals surface area contributed by atoms with Gasteiger partial charge in [-0.3, -0.25) is 24.6 Å². The third-order valence-corrected chi connectivity index (χ3v) is 6.61. The smallest absolute Gasteiger partial charge is 0.255 e. The van der Waals surface area contributed by atoms with Crippen molar-refractivity contribution >= 4 is 25.6 Å². The summed E-state index contributed by atoms with van der Waals surface area (Å²) in [5.74, 6) is -0.466. The van der Waals surface area contributed by atoms with Crippen molar-refractivity contribution in [1.29, 1.82) is 0 Å². The molecule has 9 heteroatoms. The summed E-state index contributed by atoms with van der Waals surface area (Å²) >= 11 is 0. The van der Waals surface area contributed by atoms with Gasteiger partial charge in [-0.05, 0) is 29.7 Å². The molecule has 0 bridgehead atoms. The number of benzene rings is 2. The first-order chi connectivity index (χ1) is 16.5. The molecular formula is C25H26BN3O5. The van der Waals surface area contributed by atoms with Gasteiger partial charge in [-0.1, -0.05) is 30.3 Å². The predicted molar refractivity (Wildman–Crippen MR) is 124 cm³/mol. The Kier molecular flexibility index (Phi) is 6.39. The summed E-state index contributed by atoms with van der Waals surface area (Å²) in [4.78, 5) is 40.6. The van der Waals surface area contributed by atoms with Gasteiger partial charge in [0.25, 0.3) is 5.91 Å². The van der Waals surface area contributed by atoms with Crippen LogP contribution in [0.15, 0.2) is 42.5 Å². The fraction of sp³-hybridized carbons (Fsp3) is 0.400. The highest BCUT2D eigenvalue weighted by molar-refractivity contribution is 6.11. The van der Waals surface area contributed by atoms with Crippen LogP contribution >= 0.6 is 0 Å². The van der Waals surface area contributed by atoms with E-state index >= 15 is 0 Å². The summed E-state index contributed by atoms with van der Waals surface area (Å²) in [6.45, 7) is 4.49. The van der Waals surface area contributed by atoms with Crippen LogP contribution < -0.4 is 10.1 Å². The predicted octanol–water partition coefficient (Wildman–Crippen LogP) is 1.53. The van der Waals surface area contributed by atoms with E-state index in [1.165, 1.54) is 10.5 Å². The Bertz CT molecular complexity index is 1100. The summed E-state index contributed by atoms with van der Waals surface area (Å²) in [6.07, 6.45) is 0.531. The van der Waals surface area contributed by atoms with Gasteiger partial charge in [0.1, 0.15) is 19.6 Å². The number of carbonyl (C=O) groups is 3. The summed E-state index contributed by atoms with van der Waals surface area (Å²) < 4.78 is 11.5. The number of nitrogens with one attached hydrogen (secondary N) is 1. The minimum absolute atomic E-state index is 0.215. The molecule has 0 spiro atoms. The lowest BCUT2D eigenvalue weighted by Gasteiger charge is -2.29. The van der Waals surface area contributed by atoms with Crippen molar-refractivity contribution in [3.05, 3.63) is 64.7 Å². The molecule has 2 atom stereocenters. The lowest BCUT2D eigenvalue weighted by atomic mass is 9.91. The number of hydrogen-bond donors (Lipinski definition) is 1. The van der Waals surface area contributed by atoms with Crippen LogP contribution in [0.4, 0.5) is 0 Å². The van der Waals surface area contributed by atoms with Crippen molar-refractivity contribution < 1.29 is 23.9 Å². The van der Waals surface area contributed by atoms with Gasteiger partial charge < -0.3 is 14.4 Å². The topological polar surface area (TPSA) is 88.2 Å². The fourth-order valence-corrected chi connectivity index (χ4v) is 4.70. The molecule has 1 N–H and O–H groups in total. The number of fused-ring (bicyclic) bond motifs is 1. The van der Waals surface area contributed by atoms with Gasteiger partial charge in [0.2, 0.25) is 11.8 Å². The summed E-state index contributed by atoms with van der Waals surface area (Å²) in [7, 11) is 6.36. The number of amides is 3. The lowest BCUT2D eigenvalue weighted by Crippen LogP contribution is -2.52. The van der Waals surface area contributed by atoms with Crippen LogP contribution in [0.2, 0.25) is 0 Å². The fourth-order valence-electron chi connectivity index (χ4n) is 4.70. The molecule has 2 saturated heterocycles. The van der Waals surface area contributed by atoms with Crippen molar-refractivity contribution in [2.24, 2.45) is 0 Å². The van der Waals surface area contributed by atoms with E-state index in [0.717, 1.165) is 38.4 Å². The second-order valence-electron chi connectivity index (χ2n) is 8.85. The third kappa shape index (κ3) is 4.58. The van der Waals surface area contributed by atoms with Gasteiger partial charge in [-0.15, -0.1) is 0 Å². The number of hydrogen-bond acceptors (Lipinski definition) is 6. The second kappa shape index (κ2) is 9.60. The molecule has 0 saturated carbocycles. The summed E-state index contributed by atoms with van der Waals surface area (Å²) in [5.41, 5.74) is 3.23. The van der Waals surface area contributed by atoms with Crippen molar-refractivity contribution in [2.75, 3.05) is 26.3 Å². The number of morpholine rings is 1. The molecule has 8 nitrogen and oxygen atoms in total. The van der Waals surface area contributed by atoms with Crippen LogP contribution in [-0.4, -0.2) is 67.7 Å². The number of carbonyl (C=O) groups excluding carboxylic acids is 3. The molecule has 2 aromatic carbocycles. The van der Waals surface area contributed by atoms with Crippen LogP contribution in [0, 0.1) is 0 Å². The first-order valence-electron chi connectivity index (χ1n) is 11.6. The number of imide groups is 1. The van der Waals surface area contributed by atoms with Crippen molar-refractivity contribution in [3.8, 4) is 5.75 Å². The first kappa shape index (κ1) is 22.6. The number of piperidine rings is 1. The first-order valence-corrected chi connectivity index (χ1v) is 11.6. The van der Waals surface area contributed by atoms with E-state index in [1.54, 1.807) is 18.2 Å². The van der Waals surface area contributed by atoms with Gasteiger partial charge in [0.05, 0.1) is 25.8 Å². The molecule has 3 amide bonds. The minimum Gasteiger partial charge on any atom is -0.496 e. The minimum atomic E-state index is -0.705. The quantitative estimate of drug-likeness (QED) is 0.521. The van der Waals surface area contributed by atoms with E-state index in [2.05, 4.69) is 22.3 Å². The highest BCUT2D eigenvalue weighted by Gasteiger charge is 2.40. The maximum Gasteiger partial charge on any atom is 0.255 e. The summed E-state index contributed by atoms with van der Waals surface area (Å²) in [6, 6.07) is 11.9. The van der Waals surface area contributed by atoms with E-state index in [4.69, 9.17) is 17.3 Å². The second-order valence-corrected chi connectivity index (χ2v) is 8.85. The standard InChI is InChI=1S/C25H26BN3O5/c26-23(17-6-4-16(5-7-17)14-28-10-12-33-13-11-28)34-21-3-1-2-18-19(21)15-29(25(18)32)20-8-9-22(30)27-24(20)31/h1-7,20,23H,8-15H2,(H,27,30,31). The molecule has 5 rings (SSSR count). The molecule has 3 aliphatic rings. The monoisotopic (exact) mass is 459 g/mol. The van der Waals surface area contributed by atoms with Crippen LogP contribution in [0.5, 0.6) is 5.75 Å². The molecule has 34 heavy (non-hydrogen) atoms. The van der Waals surface area contributed by atoms with E-state index in [0.29, 0.717) is 23.3 Å². The van der Waals surface area contributed by atoms with Gasteiger partial charge in [0, 0.05) is 37.2 Å². The number of ether oxygens (including phenoxy) is 2. The average molecular weight is 459 g/mol. The zero-order valence-corrected chi connectivity index (χ0v) is 18.9. The normalized spacial score (nSPS) is 21.8. The molecule has 2 fully saturated rings. The largest absolute Gasteiger partial charge is 0.496 e. The van der Waals surface area contributed by atoms with Crippen LogP contribution in [-0.2, 0) is 27.4 Å². The molecular weight excluding hydrogens is 433 g/mol. The molecule has 2 aromatic rings. The lowest BCUT2D eigenvalue weighted by molar-refractivity contribution is -0.136. The third-order valence-electron chi connectivity index (χ3n) is 6.61. The zero-order chi connectivity index (χ0) is 23.7. The Labute approximate surface area is 199 Å². The number of nitrogens with zero attached hydrogens (tertiary/aromatic N) is 2. The Hall–Kier alpha value is -3.17. The molecule has 2 unspecified atom stereocenters. The van der Waals surface area contributed by atoms with Crippen LogP contribution in [0.1, 0.15) is 45.9 Å². The van der Waals surface area contributed by atoms with Crippen LogP contribution in [0.3, 0.4) is 0 Å². The van der Waals surface area contributed by atoms with Crippen molar-refractivity contribution in [2.45, 2.75) is 38.0 Å². The Morgan fingerprint density at radius 2 is 1.85 bits per heavy atom. The molecule has 2 radical (unpaired) electrons. The maximum atomic E-state index is 13.0. The van der Waals surface area contributed by atoms with Crippen LogP contribution in [0.25, 0.3) is 0 Å². The summed E-state index contributed by atoms with van der Waals surface area (Å²) in [5, 5.41) is 2.32. The van der Waals surface area contributed by atoms with E-state index in [1.807, 2.05) is 12.1 Å². The highest BCUT2D eigenvalue weighted by atomic mass is 16.5. The molecule has 0 aromatic heterocycles. The Balaban J connectivity index is 1.27. The zero-order valence-electron chi connectivity index (χ0n) is 18.9. The Morgan fingerprint density at radius 1 is 1.09 bits per heavy atom. The van der Waals surface area contributed by atoms with Gasteiger partial charge in [-0.25, -0.2) is 0 Å². The number of rotatable bonds is 6.